The highest BCUT2D eigenvalue weighted by Gasteiger charge is 2.29. The fraction of sp³-hybridized carbons (Fsp3) is 0.194. The third-order valence-corrected chi connectivity index (χ3v) is 8.42. The second-order valence-corrected chi connectivity index (χ2v) is 11.2. The second-order valence-electron chi connectivity index (χ2n) is 9.29. The van der Waals surface area contributed by atoms with E-state index in [2.05, 4.69) is 5.32 Å². The van der Waals surface area contributed by atoms with Crippen LogP contribution in [0.1, 0.15) is 34.5 Å². The van der Waals surface area contributed by atoms with E-state index in [0.717, 1.165) is 11.1 Å². The van der Waals surface area contributed by atoms with E-state index in [-0.39, 0.29) is 28.7 Å². The number of fused-ring (bicyclic) bond motifs is 1. The molecule has 1 atom stereocenters. The molecule has 1 aliphatic rings. The number of benzene rings is 4. The van der Waals surface area contributed by atoms with Gasteiger partial charge in [0, 0.05) is 0 Å². The van der Waals surface area contributed by atoms with Gasteiger partial charge < -0.3 is 19.5 Å². The van der Waals surface area contributed by atoms with Crippen LogP contribution in [-0.4, -0.2) is 34.6 Å². The molecule has 0 unspecified atom stereocenters. The molecule has 4 aromatic rings. The fourth-order valence-corrected chi connectivity index (χ4v) is 5.97. The van der Waals surface area contributed by atoms with Gasteiger partial charge in [-0.05, 0) is 66.6 Å². The summed E-state index contributed by atoms with van der Waals surface area (Å²) < 4.78 is 45.8. The SMILES string of the molecule is COc1ccc(S(=O)(=O)N(Cc2ccccc2)c2ccccc2C(=O)N[C@@H](C)c2ccc3c(c2)OCCO3)cc1. The van der Waals surface area contributed by atoms with Gasteiger partial charge in [0.15, 0.2) is 11.5 Å². The first-order valence-electron chi connectivity index (χ1n) is 12.9. The van der Waals surface area contributed by atoms with Crippen LogP contribution < -0.4 is 23.8 Å². The van der Waals surface area contributed by atoms with Gasteiger partial charge in [-0.25, -0.2) is 8.42 Å². The first-order chi connectivity index (χ1) is 19.4. The molecule has 206 valence electrons. The number of hydrogen-bond acceptors (Lipinski definition) is 6. The lowest BCUT2D eigenvalue weighted by molar-refractivity contribution is 0.0940. The van der Waals surface area contributed by atoms with Crippen molar-refractivity contribution in [1.29, 1.82) is 0 Å². The molecule has 1 heterocycles. The Labute approximate surface area is 234 Å². The quantitative estimate of drug-likeness (QED) is 0.298. The smallest absolute Gasteiger partial charge is 0.264 e. The molecule has 4 aromatic carbocycles. The highest BCUT2D eigenvalue weighted by molar-refractivity contribution is 7.92. The first-order valence-corrected chi connectivity index (χ1v) is 14.3. The van der Waals surface area contributed by atoms with E-state index >= 15 is 0 Å². The molecule has 1 aliphatic heterocycles. The van der Waals surface area contributed by atoms with E-state index < -0.39 is 15.9 Å². The zero-order valence-corrected chi connectivity index (χ0v) is 23.1. The van der Waals surface area contributed by atoms with E-state index in [1.165, 1.54) is 23.5 Å². The van der Waals surface area contributed by atoms with Gasteiger partial charge in [0.2, 0.25) is 0 Å². The van der Waals surface area contributed by atoms with Crippen LogP contribution in [0.3, 0.4) is 0 Å². The number of hydrogen-bond donors (Lipinski definition) is 1. The van der Waals surface area contributed by atoms with Gasteiger partial charge >= 0.3 is 0 Å². The molecule has 0 aromatic heterocycles. The number of nitrogens with one attached hydrogen (secondary N) is 1. The lowest BCUT2D eigenvalue weighted by Gasteiger charge is -2.27. The maximum Gasteiger partial charge on any atom is 0.264 e. The third-order valence-electron chi connectivity index (χ3n) is 6.65. The molecule has 1 amide bonds. The predicted molar refractivity (Wildman–Crippen MR) is 153 cm³/mol. The Morgan fingerprint density at radius 3 is 2.30 bits per heavy atom. The highest BCUT2D eigenvalue weighted by Crippen LogP contribution is 2.34. The van der Waals surface area contributed by atoms with E-state index in [1.54, 1.807) is 36.4 Å². The number of methoxy groups -OCH3 is 1. The van der Waals surface area contributed by atoms with Gasteiger partial charge in [-0.3, -0.25) is 9.10 Å². The molecule has 9 heteroatoms. The van der Waals surface area contributed by atoms with Crippen molar-refractivity contribution in [2.75, 3.05) is 24.6 Å². The lowest BCUT2D eigenvalue weighted by atomic mass is 10.1. The second kappa shape index (κ2) is 11.7. The van der Waals surface area contributed by atoms with Crippen molar-refractivity contribution in [3.63, 3.8) is 0 Å². The number of amides is 1. The van der Waals surface area contributed by atoms with Gasteiger partial charge in [0.05, 0.1) is 35.8 Å². The summed E-state index contributed by atoms with van der Waals surface area (Å²) >= 11 is 0. The standard InChI is InChI=1S/C31H30N2O6S/c1-22(24-12-17-29-30(20-24)39-19-18-38-29)32-31(34)27-10-6-7-11-28(27)33(21-23-8-4-3-5-9-23)40(35,36)26-15-13-25(37-2)14-16-26/h3-17,20,22H,18-19,21H2,1-2H3,(H,32,34)/t22-/m0/s1. The van der Waals surface area contributed by atoms with E-state index in [1.807, 2.05) is 55.5 Å². The van der Waals surface area contributed by atoms with Crippen LogP contribution in [0.15, 0.2) is 102 Å². The number of nitrogens with zero attached hydrogens (tertiary/aromatic N) is 1. The summed E-state index contributed by atoms with van der Waals surface area (Å²) in [6.45, 7) is 2.86. The minimum atomic E-state index is -4.06. The Balaban J connectivity index is 1.49. The topological polar surface area (TPSA) is 94.2 Å². The number of carbonyl (C=O) groups excluding carboxylic acids is 1. The molecule has 0 aliphatic carbocycles. The number of rotatable bonds is 9. The van der Waals surface area contributed by atoms with Gasteiger partial charge in [-0.2, -0.15) is 0 Å². The van der Waals surface area contributed by atoms with Crippen LogP contribution in [-0.2, 0) is 16.6 Å². The van der Waals surface area contributed by atoms with Crippen molar-refractivity contribution in [3.05, 3.63) is 114 Å². The van der Waals surface area contributed by atoms with Crippen LogP contribution in [0.5, 0.6) is 17.2 Å². The van der Waals surface area contributed by atoms with Crippen LogP contribution in [0.25, 0.3) is 0 Å². The zero-order valence-electron chi connectivity index (χ0n) is 22.2. The van der Waals surface area contributed by atoms with Gasteiger partial charge in [0.25, 0.3) is 15.9 Å². The number of para-hydroxylation sites is 1. The van der Waals surface area contributed by atoms with Gasteiger partial charge in [0.1, 0.15) is 19.0 Å². The van der Waals surface area contributed by atoms with Crippen molar-refractivity contribution >= 4 is 21.6 Å². The first kappa shape index (κ1) is 27.1. The summed E-state index contributed by atoms with van der Waals surface area (Å²) in [5, 5.41) is 3.01. The molecule has 0 spiro atoms. The maximum atomic E-state index is 14.0. The lowest BCUT2D eigenvalue weighted by Crippen LogP contribution is -2.34. The van der Waals surface area contributed by atoms with Crippen LogP contribution in [0.2, 0.25) is 0 Å². The van der Waals surface area contributed by atoms with Gasteiger partial charge in [-0.1, -0.05) is 48.5 Å². The van der Waals surface area contributed by atoms with Crippen molar-refractivity contribution in [2.24, 2.45) is 0 Å². The normalized spacial score (nSPS) is 13.2. The Bertz CT molecular complexity index is 1590. The maximum absolute atomic E-state index is 14.0. The highest BCUT2D eigenvalue weighted by atomic mass is 32.2. The molecule has 8 nitrogen and oxygen atoms in total. The summed E-state index contributed by atoms with van der Waals surface area (Å²) in [6, 6.07) is 27.3. The molecule has 0 saturated heterocycles. The molecular weight excluding hydrogens is 528 g/mol. The Kier molecular flexibility index (Phi) is 7.93. The molecule has 0 bridgehead atoms. The summed E-state index contributed by atoms with van der Waals surface area (Å²) in [4.78, 5) is 13.7. The molecular formula is C31H30N2O6S. The summed E-state index contributed by atoms with van der Waals surface area (Å²) in [5.74, 6) is 1.44. The average molecular weight is 559 g/mol. The van der Waals surface area contributed by atoms with Crippen LogP contribution in [0, 0.1) is 0 Å². The Hall–Kier alpha value is -4.50. The van der Waals surface area contributed by atoms with Crippen LogP contribution >= 0.6 is 0 Å². The predicted octanol–water partition coefficient (Wildman–Crippen LogP) is 5.35. The minimum Gasteiger partial charge on any atom is -0.497 e. The number of ether oxygens (including phenoxy) is 3. The molecule has 1 N–H and O–H groups in total. The third kappa shape index (κ3) is 5.74. The number of anilines is 1. The zero-order chi connectivity index (χ0) is 28.1. The van der Waals surface area contributed by atoms with Crippen molar-refractivity contribution in [1.82, 2.24) is 5.32 Å². The number of carbonyl (C=O) groups is 1. The number of sulfonamides is 1. The summed E-state index contributed by atoms with van der Waals surface area (Å²) in [5.41, 5.74) is 2.12. The Morgan fingerprint density at radius 1 is 0.900 bits per heavy atom. The fourth-order valence-electron chi connectivity index (χ4n) is 4.49. The molecule has 0 fully saturated rings. The van der Waals surface area contributed by atoms with Gasteiger partial charge in [-0.15, -0.1) is 0 Å². The molecule has 0 saturated carbocycles. The average Bonchev–Trinajstić information content (AvgIpc) is 3.00. The summed E-state index contributed by atoms with van der Waals surface area (Å²) in [7, 11) is -2.54. The van der Waals surface area contributed by atoms with Crippen molar-refractivity contribution in [2.45, 2.75) is 24.4 Å². The van der Waals surface area contributed by atoms with Crippen molar-refractivity contribution < 1.29 is 27.4 Å². The molecule has 5 rings (SSSR count). The van der Waals surface area contributed by atoms with Crippen molar-refractivity contribution in [3.8, 4) is 17.2 Å². The van der Waals surface area contributed by atoms with E-state index in [9.17, 15) is 13.2 Å². The monoisotopic (exact) mass is 558 g/mol. The van der Waals surface area contributed by atoms with E-state index in [4.69, 9.17) is 14.2 Å². The Morgan fingerprint density at radius 2 is 1.57 bits per heavy atom. The molecule has 0 radical (unpaired) electrons. The van der Waals surface area contributed by atoms with E-state index in [0.29, 0.717) is 30.5 Å². The van der Waals surface area contributed by atoms with Crippen LogP contribution in [0.4, 0.5) is 5.69 Å². The molecule has 40 heavy (non-hydrogen) atoms. The summed E-state index contributed by atoms with van der Waals surface area (Å²) in [6.07, 6.45) is 0. The largest absolute Gasteiger partial charge is 0.497 e. The minimum absolute atomic E-state index is 0.0389.